The molecule has 5 rings (SSSR count). The Morgan fingerprint density at radius 3 is 2.65 bits per heavy atom. The van der Waals surface area contributed by atoms with Gasteiger partial charge in [-0.1, -0.05) is 17.4 Å². The Labute approximate surface area is 202 Å². The molecule has 34 heavy (non-hydrogen) atoms. The molecule has 1 N–H and O–H groups in total. The van der Waals surface area contributed by atoms with Crippen LogP contribution in [0.2, 0.25) is 0 Å². The SMILES string of the molecule is CC1(C)CC(C(=O)Nc2ncc(-c3ccc4c(=O)n(C5CCOCC5)ncc4c3)s2)C(C)(C)O1. The van der Waals surface area contributed by atoms with Crippen LogP contribution in [0.15, 0.2) is 35.4 Å². The minimum absolute atomic E-state index is 0.0717. The first-order valence-electron chi connectivity index (χ1n) is 11.7. The van der Waals surface area contributed by atoms with Crippen LogP contribution < -0.4 is 10.9 Å². The number of hydrogen-bond donors (Lipinski definition) is 1. The van der Waals surface area contributed by atoms with Crippen LogP contribution in [0.1, 0.15) is 53.0 Å². The van der Waals surface area contributed by atoms with Crippen LogP contribution in [-0.4, -0.2) is 45.1 Å². The number of benzene rings is 1. The number of carbonyl (C=O) groups is 1. The van der Waals surface area contributed by atoms with Crippen LogP contribution in [0.3, 0.4) is 0 Å². The molecule has 2 aliphatic heterocycles. The molecule has 9 heteroatoms. The molecule has 2 aliphatic rings. The van der Waals surface area contributed by atoms with Gasteiger partial charge in [0, 0.05) is 24.8 Å². The number of thiazole rings is 1. The standard InChI is InChI=1S/C25H30N4O4S/c1-24(2)12-19(25(3,4)33-24)21(30)28-23-26-14-20(34-23)15-5-6-18-16(11-15)13-27-29(22(18)31)17-7-9-32-10-8-17/h5-6,11,13-14,17,19H,7-10,12H2,1-4H3,(H,26,28,30). The van der Waals surface area contributed by atoms with Crippen molar-refractivity contribution in [1.29, 1.82) is 0 Å². The molecule has 0 spiro atoms. The second-order valence-electron chi connectivity index (χ2n) is 10.3. The van der Waals surface area contributed by atoms with Gasteiger partial charge in [0.25, 0.3) is 5.56 Å². The van der Waals surface area contributed by atoms with Crippen LogP contribution in [-0.2, 0) is 14.3 Å². The van der Waals surface area contributed by atoms with Crippen molar-refractivity contribution in [3.8, 4) is 10.4 Å². The summed E-state index contributed by atoms with van der Waals surface area (Å²) in [7, 11) is 0. The summed E-state index contributed by atoms with van der Waals surface area (Å²) in [4.78, 5) is 31.3. The highest BCUT2D eigenvalue weighted by atomic mass is 32.1. The maximum Gasteiger partial charge on any atom is 0.274 e. The Morgan fingerprint density at radius 1 is 1.18 bits per heavy atom. The average molecular weight is 483 g/mol. The van der Waals surface area contributed by atoms with Crippen LogP contribution in [0.5, 0.6) is 0 Å². The van der Waals surface area contributed by atoms with Crippen molar-refractivity contribution in [1.82, 2.24) is 14.8 Å². The first-order valence-corrected chi connectivity index (χ1v) is 12.5. The molecule has 2 saturated heterocycles. The normalized spacial score (nSPS) is 22.2. The minimum atomic E-state index is -0.531. The Balaban J connectivity index is 1.35. The smallest absolute Gasteiger partial charge is 0.274 e. The van der Waals surface area contributed by atoms with E-state index in [0.29, 0.717) is 30.2 Å². The Morgan fingerprint density at radius 2 is 1.94 bits per heavy atom. The van der Waals surface area contributed by atoms with Gasteiger partial charge in [0.2, 0.25) is 5.91 Å². The highest BCUT2D eigenvalue weighted by molar-refractivity contribution is 7.19. The molecule has 0 saturated carbocycles. The van der Waals surface area contributed by atoms with Gasteiger partial charge in [-0.2, -0.15) is 5.10 Å². The monoisotopic (exact) mass is 482 g/mol. The first kappa shape index (κ1) is 23.1. The number of ether oxygens (including phenoxy) is 2. The van der Waals surface area contributed by atoms with Crippen molar-refractivity contribution in [2.75, 3.05) is 18.5 Å². The number of nitrogens with one attached hydrogen (secondary N) is 1. The Kier molecular flexibility index (Phi) is 5.82. The van der Waals surface area contributed by atoms with E-state index in [2.05, 4.69) is 15.4 Å². The van der Waals surface area contributed by atoms with Gasteiger partial charge in [-0.15, -0.1) is 0 Å². The van der Waals surface area contributed by atoms with Crippen molar-refractivity contribution < 1.29 is 14.3 Å². The Hall–Kier alpha value is -2.62. The average Bonchev–Trinajstić information content (AvgIpc) is 3.34. The molecule has 8 nitrogen and oxygen atoms in total. The summed E-state index contributed by atoms with van der Waals surface area (Å²) in [5.41, 5.74) is -0.00261. The fraction of sp³-hybridized carbons (Fsp3) is 0.520. The predicted octanol–water partition coefficient (Wildman–Crippen LogP) is 4.40. The molecular formula is C25H30N4O4S. The zero-order valence-electron chi connectivity index (χ0n) is 20.0. The van der Waals surface area contributed by atoms with Crippen molar-refractivity contribution in [2.45, 2.75) is 64.2 Å². The molecule has 1 amide bonds. The number of aromatic nitrogens is 3. The number of hydrogen-bond acceptors (Lipinski definition) is 7. The zero-order valence-corrected chi connectivity index (χ0v) is 20.8. The summed E-state index contributed by atoms with van der Waals surface area (Å²) in [6.45, 7) is 9.25. The Bertz CT molecular complexity index is 1290. The molecule has 2 aromatic heterocycles. The maximum atomic E-state index is 13.0. The fourth-order valence-electron chi connectivity index (χ4n) is 5.14. The molecular weight excluding hydrogens is 452 g/mol. The van der Waals surface area contributed by atoms with Crippen LogP contribution in [0, 0.1) is 5.92 Å². The topological polar surface area (TPSA) is 95.3 Å². The summed E-state index contributed by atoms with van der Waals surface area (Å²) >= 11 is 1.41. The molecule has 0 radical (unpaired) electrons. The molecule has 3 aromatic rings. The van der Waals surface area contributed by atoms with Gasteiger partial charge in [0.05, 0.1) is 39.6 Å². The van der Waals surface area contributed by atoms with Gasteiger partial charge >= 0.3 is 0 Å². The summed E-state index contributed by atoms with van der Waals surface area (Å²) in [5, 5.41) is 9.40. The minimum Gasteiger partial charge on any atom is -0.381 e. The first-order chi connectivity index (χ1) is 16.1. The van der Waals surface area contributed by atoms with Crippen molar-refractivity contribution in [3.63, 3.8) is 0 Å². The fourth-order valence-corrected chi connectivity index (χ4v) is 5.95. The highest BCUT2D eigenvalue weighted by Crippen LogP contribution is 2.42. The number of anilines is 1. The molecule has 0 bridgehead atoms. The molecule has 4 heterocycles. The predicted molar refractivity (Wildman–Crippen MR) is 132 cm³/mol. The van der Waals surface area contributed by atoms with E-state index in [9.17, 15) is 9.59 Å². The lowest BCUT2D eigenvalue weighted by atomic mass is 9.87. The van der Waals surface area contributed by atoms with Gasteiger partial charge < -0.3 is 14.8 Å². The lowest BCUT2D eigenvalue weighted by Crippen LogP contribution is -2.36. The second kappa shape index (κ2) is 8.55. The van der Waals surface area contributed by atoms with Crippen LogP contribution >= 0.6 is 11.3 Å². The third kappa shape index (κ3) is 4.39. The second-order valence-corrected chi connectivity index (χ2v) is 11.3. The van der Waals surface area contributed by atoms with E-state index in [-0.39, 0.29) is 29.0 Å². The highest BCUT2D eigenvalue weighted by Gasteiger charge is 2.49. The van der Waals surface area contributed by atoms with Gasteiger partial charge in [-0.25, -0.2) is 9.67 Å². The van der Waals surface area contributed by atoms with Gasteiger partial charge in [-0.3, -0.25) is 9.59 Å². The molecule has 1 atom stereocenters. The van der Waals surface area contributed by atoms with E-state index >= 15 is 0 Å². The third-order valence-corrected chi connectivity index (χ3v) is 7.72. The number of amides is 1. The summed E-state index contributed by atoms with van der Waals surface area (Å²) in [6, 6.07) is 5.81. The largest absolute Gasteiger partial charge is 0.381 e. The number of rotatable bonds is 4. The zero-order chi connectivity index (χ0) is 24.1. The number of fused-ring (bicyclic) bond motifs is 1. The van der Waals surface area contributed by atoms with E-state index < -0.39 is 5.60 Å². The van der Waals surface area contributed by atoms with Gasteiger partial charge in [0.15, 0.2) is 5.13 Å². The van der Waals surface area contributed by atoms with Crippen molar-refractivity contribution >= 4 is 33.1 Å². The molecule has 0 aliphatic carbocycles. The lowest BCUT2D eigenvalue weighted by molar-refractivity contribution is -0.126. The molecule has 1 unspecified atom stereocenters. The number of nitrogens with zero attached hydrogens (tertiary/aromatic N) is 3. The summed E-state index contributed by atoms with van der Waals surface area (Å²) < 4.78 is 13.1. The van der Waals surface area contributed by atoms with Gasteiger partial charge in [0.1, 0.15) is 0 Å². The molecule has 2 fully saturated rings. The van der Waals surface area contributed by atoms with Crippen molar-refractivity contribution in [3.05, 3.63) is 40.9 Å². The van der Waals surface area contributed by atoms with Crippen molar-refractivity contribution in [2.24, 2.45) is 5.92 Å². The quantitative estimate of drug-likeness (QED) is 0.592. The summed E-state index contributed by atoms with van der Waals surface area (Å²) in [5.74, 6) is -0.327. The lowest BCUT2D eigenvalue weighted by Gasteiger charge is -2.26. The van der Waals surface area contributed by atoms with E-state index in [0.717, 1.165) is 28.7 Å². The maximum absolute atomic E-state index is 13.0. The van der Waals surface area contributed by atoms with E-state index in [1.165, 1.54) is 11.3 Å². The van der Waals surface area contributed by atoms with Crippen LogP contribution in [0.25, 0.3) is 21.2 Å². The third-order valence-electron chi connectivity index (χ3n) is 6.76. The summed E-state index contributed by atoms with van der Waals surface area (Å²) in [6.07, 6.45) is 5.76. The van der Waals surface area contributed by atoms with Gasteiger partial charge in [-0.05, 0) is 64.7 Å². The van der Waals surface area contributed by atoms with Crippen LogP contribution in [0.4, 0.5) is 5.13 Å². The number of carbonyl (C=O) groups excluding carboxylic acids is 1. The molecule has 1 aromatic carbocycles. The van der Waals surface area contributed by atoms with E-state index in [1.807, 2.05) is 45.9 Å². The van der Waals surface area contributed by atoms with E-state index in [4.69, 9.17) is 9.47 Å². The molecule has 180 valence electrons. The van der Waals surface area contributed by atoms with E-state index in [1.54, 1.807) is 17.1 Å².